The van der Waals surface area contributed by atoms with Crippen molar-refractivity contribution < 1.29 is 14.5 Å². The molecule has 2 aromatic rings. The Morgan fingerprint density at radius 2 is 2.21 bits per heavy atom. The molecule has 1 atom stereocenters. The lowest BCUT2D eigenvalue weighted by molar-refractivity contribution is -0.389. The molecule has 128 valence electrons. The Bertz CT molecular complexity index is 778. The fourth-order valence-corrected chi connectivity index (χ4v) is 2.76. The third-order valence-electron chi connectivity index (χ3n) is 3.19. The summed E-state index contributed by atoms with van der Waals surface area (Å²) in [4.78, 5) is 25.5. The highest BCUT2D eigenvalue weighted by atomic mass is 35.5. The summed E-state index contributed by atoms with van der Waals surface area (Å²) in [7, 11) is 1.35. The van der Waals surface area contributed by atoms with Crippen LogP contribution in [0.2, 0.25) is 10.0 Å². The Hall–Kier alpha value is -2.32. The quantitative estimate of drug-likeness (QED) is 0.620. The second kappa shape index (κ2) is 7.50. The van der Waals surface area contributed by atoms with Gasteiger partial charge in [0.05, 0.1) is 19.7 Å². The predicted molar refractivity (Wildman–Crippen MR) is 88.5 cm³/mol. The van der Waals surface area contributed by atoms with E-state index in [-0.39, 0.29) is 24.3 Å². The van der Waals surface area contributed by atoms with Gasteiger partial charge in [-0.15, -0.1) is 0 Å². The van der Waals surface area contributed by atoms with Gasteiger partial charge in [-0.3, -0.25) is 9.36 Å². The van der Waals surface area contributed by atoms with Crippen LogP contribution in [0.1, 0.15) is 18.5 Å². The number of rotatable bonds is 6. The van der Waals surface area contributed by atoms with E-state index in [1.54, 1.807) is 18.2 Å². The van der Waals surface area contributed by atoms with Crippen molar-refractivity contribution in [2.24, 2.45) is 0 Å². The third kappa shape index (κ3) is 4.15. The molecule has 1 unspecified atom stereocenters. The van der Waals surface area contributed by atoms with Crippen LogP contribution in [0.3, 0.4) is 0 Å². The summed E-state index contributed by atoms with van der Waals surface area (Å²) >= 11 is 12.1. The molecule has 2 rings (SSSR count). The number of carbonyl (C=O) groups is 1. The molecule has 24 heavy (non-hydrogen) atoms. The zero-order valence-electron chi connectivity index (χ0n) is 12.8. The molecule has 10 heteroatoms. The van der Waals surface area contributed by atoms with E-state index in [1.165, 1.54) is 24.8 Å². The second-order valence-electron chi connectivity index (χ2n) is 4.91. The lowest BCUT2D eigenvalue weighted by Crippen LogP contribution is -2.29. The summed E-state index contributed by atoms with van der Waals surface area (Å²) in [5.41, 5.74) is 0.620. The molecule has 0 aliphatic heterocycles. The summed E-state index contributed by atoms with van der Waals surface area (Å²) < 4.78 is 6.48. The highest BCUT2D eigenvalue weighted by Gasteiger charge is 2.24. The predicted octanol–water partition coefficient (Wildman–Crippen LogP) is 2.98. The van der Waals surface area contributed by atoms with Crippen molar-refractivity contribution >= 4 is 34.9 Å². The summed E-state index contributed by atoms with van der Waals surface area (Å²) in [6.45, 7) is 1.51. The van der Waals surface area contributed by atoms with Crippen molar-refractivity contribution in [3.05, 3.63) is 50.1 Å². The van der Waals surface area contributed by atoms with E-state index in [9.17, 15) is 14.9 Å². The number of hydrogen-bond donors (Lipinski definition) is 1. The number of carbonyl (C=O) groups excluding carboxylic acids is 1. The molecular formula is C14H14Cl2N4O4. The Morgan fingerprint density at radius 3 is 2.75 bits per heavy atom. The van der Waals surface area contributed by atoms with E-state index in [2.05, 4.69) is 10.3 Å². The molecule has 0 saturated carbocycles. The molecule has 1 aromatic heterocycles. The van der Waals surface area contributed by atoms with Crippen molar-refractivity contribution in [1.29, 1.82) is 0 Å². The van der Waals surface area contributed by atoms with Gasteiger partial charge in [0.25, 0.3) is 0 Å². The number of imidazole rings is 1. The molecule has 0 fully saturated rings. The molecule has 0 bridgehead atoms. The molecule has 0 spiro atoms. The monoisotopic (exact) mass is 372 g/mol. The van der Waals surface area contributed by atoms with Gasteiger partial charge in [0.1, 0.15) is 6.20 Å². The lowest BCUT2D eigenvalue weighted by atomic mass is 10.1. The number of methoxy groups -OCH3 is 1. The summed E-state index contributed by atoms with van der Waals surface area (Å²) in [6.07, 6.45) is 1.23. The van der Waals surface area contributed by atoms with Gasteiger partial charge < -0.3 is 20.2 Å². The highest BCUT2D eigenvalue weighted by Crippen LogP contribution is 2.29. The Kier molecular flexibility index (Phi) is 5.63. The van der Waals surface area contributed by atoms with Crippen molar-refractivity contribution in [1.82, 2.24) is 14.9 Å². The van der Waals surface area contributed by atoms with E-state index in [0.29, 0.717) is 15.6 Å². The van der Waals surface area contributed by atoms with Gasteiger partial charge in [0.15, 0.2) is 0 Å². The van der Waals surface area contributed by atoms with Gasteiger partial charge >= 0.3 is 11.8 Å². The van der Waals surface area contributed by atoms with Crippen molar-refractivity contribution in [2.75, 3.05) is 7.11 Å². The van der Waals surface area contributed by atoms with Crippen LogP contribution in [0.25, 0.3) is 0 Å². The number of ether oxygens (including phenoxy) is 1. The van der Waals surface area contributed by atoms with Gasteiger partial charge in [-0.05, 0) is 22.6 Å². The highest BCUT2D eigenvalue weighted by molar-refractivity contribution is 6.35. The van der Waals surface area contributed by atoms with Gasteiger partial charge in [-0.25, -0.2) is 0 Å². The largest absolute Gasteiger partial charge is 0.449 e. The summed E-state index contributed by atoms with van der Waals surface area (Å²) in [5, 5.41) is 14.5. The number of nitro groups is 1. The maximum atomic E-state index is 11.5. The Labute approximate surface area is 147 Å². The van der Waals surface area contributed by atoms with Crippen LogP contribution in [0, 0.1) is 10.1 Å². The molecule has 8 nitrogen and oxygen atoms in total. The number of amides is 1. The third-order valence-corrected chi connectivity index (χ3v) is 3.75. The van der Waals surface area contributed by atoms with E-state index >= 15 is 0 Å². The maximum Gasteiger partial charge on any atom is 0.414 e. The average Bonchev–Trinajstić information content (AvgIpc) is 2.89. The Morgan fingerprint density at radius 1 is 1.50 bits per heavy atom. The zero-order chi connectivity index (χ0) is 17.9. The molecule has 1 amide bonds. The molecule has 0 radical (unpaired) electrons. The van der Waals surface area contributed by atoms with Crippen molar-refractivity contribution in [3.63, 3.8) is 0 Å². The first-order valence-electron chi connectivity index (χ1n) is 6.79. The number of aromatic nitrogens is 2. The summed E-state index contributed by atoms with van der Waals surface area (Å²) in [5.74, 6) is -0.629. The van der Waals surface area contributed by atoms with Crippen molar-refractivity contribution in [3.8, 4) is 6.01 Å². The smallest absolute Gasteiger partial charge is 0.414 e. The van der Waals surface area contributed by atoms with Gasteiger partial charge in [0, 0.05) is 22.0 Å². The fourth-order valence-electron chi connectivity index (χ4n) is 2.22. The minimum atomic E-state index is -0.623. The first kappa shape index (κ1) is 18.0. The summed E-state index contributed by atoms with van der Waals surface area (Å²) in [6, 6.07) is 4.40. The number of nitrogens with one attached hydrogen (secondary N) is 1. The lowest BCUT2D eigenvalue weighted by Gasteiger charge is -2.20. The molecule has 1 heterocycles. The minimum Gasteiger partial charge on any atom is -0.449 e. The van der Waals surface area contributed by atoms with Crippen LogP contribution in [-0.2, 0) is 11.3 Å². The van der Waals surface area contributed by atoms with Gasteiger partial charge in [0.2, 0.25) is 5.91 Å². The standard InChI is InChI=1S/C14H14Cl2N4O4/c1-8(21)17-12(10-4-3-9(15)5-11(10)16)6-19-7-13(20(22)23)18-14(19)24-2/h3-5,7,12H,6H2,1-2H3,(H,17,21). The molecule has 1 N–H and O–H groups in total. The first-order valence-corrected chi connectivity index (χ1v) is 7.55. The van der Waals surface area contributed by atoms with E-state index < -0.39 is 11.0 Å². The van der Waals surface area contributed by atoms with Gasteiger partial charge in [-0.2, -0.15) is 0 Å². The topological polar surface area (TPSA) is 99.3 Å². The number of hydrogen-bond acceptors (Lipinski definition) is 5. The van der Waals surface area contributed by atoms with E-state index in [1.807, 2.05) is 0 Å². The van der Waals surface area contributed by atoms with Crippen molar-refractivity contribution in [2.45, 2.75) is 19.5 Å². The molecule has 0 aliphatic rings. The van der Waals surface area contributed by atoms with E-state index in [0.717, 1.165) is 0 Å². The van der Waals surface area contributed by atoms with Crippen LogP contribution < -0.4 is 10.1 Å². The zero-order valence-corrected chi connectivity index (χ0v) is 14.3. The molecule has 0 aliphatic carbocycles. The SMILES string of the molecule is COc1nc([N+](=O)[O-])cn1CC(NC(C)=O)c1ccc(Cl)cc1Cl. The normalized spacial score (nSPS) is 11.8. The first-order chi connectivity index (χ1) is 11.3. The number of benzene rings is 1. The van der Waals surface area contributed by atoms with Crippen LogP contribution in [-0.4, -0.2) is 27.5 Å². The van der Waals surface area contributed by atoms with E-state index in [4.69, 9.17) is 27.9 Å². The molecule has 1 aromatic carbocycles. The van der Waals surface area contributed by atoms with Crippen LogP contribution in [0.4, 0.5) is 5.82 Å². The Balaban J connectivity index is 2.39. The van der Waals surface area contributed by atoms with Crippen LogP contribution in [0.15, 0.2) is 24.4 Å². The molecule has 0 saturated heterocycles. The van der Waals surface area contributed by atoms with Crippen LogP contribution >= 0.6 is 23.2 Å². The fraction of sp³-hybridized carbons (Fsp3) is 0.286. The van der Waals surface area contributed by atoms with Gasteiger partial charge in [-0.1, -0.05) is 29.3 Å². The minimum absolute atomic E-state index is 0.0575. The second-order valence-corrected chi connectivity index (χ2v) is 5.76. The maximum absolute atomic E-state index is 11.5. The molecular weight excluding hydrogens is 359 g/mol. The number of nitrogens with zero attached hydrogens (tertiary/aromatic N) is 3. The average molecular weight is 373 g/mol. The van der Waals surface area contributed by atoms with Crippen LogP contribution in [0.5, 0.6) is 6.01 Å². The number of halogens is 2.